The fraction of sp³-hybridized carbons (Fsp3) is 0.429. The molecule has 2 heterocycles. The smallest absolute Gasteiger partial charge is 0.309 e. The van der Waals surface area contributed by atoms with Gasteiger partial charge in [-0.15, -0.1) is 0 Å². The van der Waals surface area contributed by atoms with Crippen molar-refractivity contribution >= 4 is 23.2 Å². The third-order valence-corrected chi connectivity index (χ3v) is 5.81. The molecule has 0 atom stereocenters. The first-order valence-corrected chi connectivity index (χ1v) is 10.5. The molecule has 0 aliphatic carbocycles. The van der Waals surface area contributed by atoms with Gasteiger partial charge in [0, 0.05) is 25.2 Å². The predicted molar refractivity (Wildman–Crippen MR) is 110 cm³/mol. The number of nitrogens with zero attached hydrogens (tertiary/aromatic N) is 1. The number of benzene rings is 1. The molecule has 0 saturated carbocycles. The Morgan fingerprint density at radius 2 is 1.89 bits per heavy atom. The fourth-order valence-electron chi connectivity index (χ4n) is 3.41. The highest BCUT2D eigenvalue weighted by atomic mass is 32.1. The largest absolute Gasteiger partial charge is 0.496 e. The van der Waals surface area contributed by atoms with Crippen LogP contribution in [0.15, 0.2) is 41.1 Å². The van der Waals surface area contributed by atoms with Crippen molar-refractivity contribution in [2.45, 2.75) is 25.9 Å². The van der Waals surface area contributed by atoms with Crippen LogP contribution in [0.4, 0.5) is 0 Å². The molecule has 0 bridgehead atoms. The number of carbonyl (C=O) groups is 2. The van der Waals surface area contributed by atoms with Crippen LogP contribution in [0.1, 0.15) is 24.0 Å². The molecule has 1 fully saturated rings. The molecule has 28 heavy (non-hydrogen) atoms. The Labute approximate surface area is 169 Å². The summed E-state index contributed by atoms with van der Waals surface area (Å²) in [6.07, 6.45) is 2.07. The van der Waals surface area contributed by atoms with Gasteiger partial charge in [0.15, 0.2) is 0 Å². The van der Waals surface area contributed by atoms with E-state index in [9.17, 15) is 9.59 Å². The monoisotopic (exact) mass is 401 g/mol. The molecule has 0 radical (unpaired) electrons. The molecule has 2 amide bonds. The van der Waals surface area contributed by atoms with Crippen LogP contribution in [0.2, 0.25) is 0 Å². The molecule has 1 aliphatic rings. The second-order valence-electron chi connectivity index (χ2n) is 7.06. The molecule has 1 saturated heterocycles. The lowest BCUT2D eigenvalue weighted by molar-refractivity contribution is -0.139. The number of thiophene rings is 1. The minimum absolute atomic E-state index is 0.261. The standard InChI is InChI=1S/C21H27N3O3S/c1-27-19-5-3-2-4-18(19)13-23-21(26)20(25)22-12-16-6-9-24(10-7-16)14-17-8-11-28-15-17/h2-5,8,11,15-16H,6-7,9-10,12-14H2,1H3,(H,22,25)(H,23,26). The van der Waals surface area contributed by atoms with Crippen molar-refractivity contribution in [1.82, 2.24) is 15.5 Å². The highest BCUT2D eigenvalue weighted by Crippen LogP contribution is 2.19. The lowest BCUT2D eigenvalue weighted by atomic mass is 9.96. The molecule has 1 aliphatic heterocycles. The van der Waals surface area contributed by atoms with E-state index in [-0.39, 0.29) is 6.54 Å². The van der Waals surface area contributed by atoms with Crippen LogP contribution in [0.25, 0.3) is 0 Å². The lowest BCUT2D eigenvalue weighted by Crippen LogP contribution is -2.43. The number of amides is 2. The second-order valence-corrected chi connectivity index (χ2v) is 7.84. The Bertz CT molecular complexity index is 771. The summed E-state index contributed by atoms with van der Waals surface area (Å²) in [4.78, 5) is 26.6. The highest BCUT2D eigenvalue weighted by molar-refractivity contribution is 7.07. The zero-order chi connectivity index (χ0) is 19.8. The van der Waals surface area contributed by atoms with E-state index in [1.54, 1.807) is 18.4 Å². The van der Waals surface area contributed by atoms with Gasteiger partial charge < -0.3 is 15.4 Å². The van der Waals surface area contributed by atoms with Gasteiger partial charge in [0.2, 0.25) is 0 Å². The number of ether oxygens (including phenoxy) is 1. The van der Waals surface area contributed by atoms with Gasteiger partial charge in [-0.1, -0.05) is 18.2 Å². The summed E-state index contributed by atoms with van der Waals surface area (Å²) in [6.45, 7) is 3.85. The molecule has 1 aromatic heterocycles. The van der Waals surface area contributed by atoms with E-state index in [2.05, 4.69) is 32.4 Å². The molecule has 0 spiro atoms. The molecule has 2 aromatic rings. The third kappa shape index (κ3) is 5.81. The molecular formula is C21H27N3O3S. The number of methoxy groups -OCH3 is 1. The van der Waals surface area contributed by atoms with Crippen molar-refractivity contribution in [3.8, 4) is 5.75 Å². The number of piperidine rings is 1. The Hall–Kier alpha value is -2.38. The van der Waals surface area contributed by atoms with Crippen molar-refractivity contribution in [2.75, 3.05) is 26.7 Å². The Balaban J connectivity index is 1.35. The van der Waals surface area contributed by atoms with Gasteiger partial charge in [0.25, 0.3) is 0 Å². The molecule has 0 unspecified atom stereocenters. The van der Waals surface area contributed by atoms with E-state index in [4.69, 9.17) is 4.74 Å². The molecule has 150 valence electrons. The van der Waals surface area contributed by atoms with Gasteiger partial charge in [-0.3, -0.25) is 14.5 Å². The normalized spacial score (nSPS) is 15.2. The first-order valence-electron chi connectivity index (χ1n) is 9.57. The van der Waals surface area contributed by atoms with Crippen LogP contribution in [0.5, 0.6) is 5.75 Å². The second kappa shape index (κ2) is 10.2. The van der Waals surface area contributed by atoms with Gasteiger partial charge in [0.05, 0.1) is 7.11 Å². The van der Waals surface area contributed by atoms with E-state index in [0.29, 0.717) is 18.2 Å². The Morgan fingerprint density at radius 3 is 2.61 bits per heavy atom. The van der Waals surface area contributed by atoms with Crippen LogP contribution in [0, 0.1) is 5.92 Å². The number of hydrogen-bond donors (Lipinski definition) is 2. The van der Waals surface area contributed by atoms with Crippen molar-refractivity contribution in [3.05, 3.63) is 52.2 Å². The quantitative estimate of drug-likeness (QED) is 0.699. The van der Waals surface area contributed by atoms with Gasteiger partial charge in [0.1, 0.15) is 5.75 Å². The van der Waals surface area contributed by atoms with Crippen LogP contribution >= 0.6 is 11.3 Å². The number of carbonyl (C=O) groups excluding carboxylic acids is 2. The minimum atomic E-state index is -0.610. The zero-order valence-electron chi connectivity index (χ0n) is 16.1. The van der Waals surface area contributed by atoms with Crippen LogP contribution < -0.4 is 15.4 Å². The topological polar surface area (TPSA) is 70.7 Å². The Morgan fingerprint density at radius 1 is 1.14 bits per heavy atom. The molecular weight excluding hydrogens is 374 g/mol. The van der Waals surface area contributed by atoms with E-state index >= 15 is 0 Å². The maximum absolute atomic E-state index is 12.1. The summed E-state index contributed by atoms with van der Waals surface area (Å²) in [5.74, 6) is -0.0708. The number of rotatable bonds is 7. The van der Waals surface area contributed by atoms with E-state index < -0.39 is 11.8 Å². The summed E-state index contributed by atoms with van der Waals surface area (Å²) in [7, 11) is 1.58. The summed E-state index contributed by atoms with van der Waals surface area (Å²) in [6, 6.07) is 9.59. The summed E-state index contributed by atoms with van der Waals surface area (Å²) < 4.78 is 5.25. The summed E-state index contributed by atoms with van der Waals surface area (Å²) in [5, 5.41) is 9.73. The first kappa shape index (κ1) is 20.4. The van der Waals surface area contributed by atoms with Crippen LogP contribution in [-0.4, -0.2) is 43.5 Å². The van der Waals surface area contributed by atoms with Crippen molar-refractivity contribution in [2.24, 2.45) is 5.92 Å². The van der Waals surface area contributed by atoms with Gasteiger partial charge in [-0.05, 0) is 60.3 Å². The first-order chi connectivity index (χ1) is 13.7. The summed E-state index contributed by atoms with van der Waals surface area (Å²) in [5.41, 5.74) is 2.20. The number of para-hydroxylation sites is 1. The van der Waals surface area contributed by atoms with Crippen LogP contribution in [0.3, 0.4) is 0 Å². The van der Waals surface area contributed by atoms with Crippen molar-refractivity contribution in [3.63, 3.8) is 0 Å². The maximum atomic E-state index is 12.1. The fourth-order valence-corrected chi connectivity index (χ4v) is 4.07. The number of likely N-dealkylation sites (tertiary alicyclic amines) is 1. The van der Waals surface area contributed by atoms with E-state index in [1.807, 2.05) is 24.3 Å². The minimum Gasteiger partial charge on any atom is -0.496 e. The lowest BCUT2D eigenvalue weighted by Gasteiger charge is -2.31. The molecule has 2 N–H and O–H groups in total. The van der Waals surface area contributed by atoms with Gasteiger partial charge in [-0.2, -0.15) is 11.3 Å². The third-order valence-electron chi connectivity index (χ3n) is 5.08. The van der Waals surface area contributed by atoms with E-state index in [0.717, 1.165) is 38.0 Å². The molecule has 7 heteroatoms. The van der Waals surface area contributed by atoms with E-state index in [1.165, 1.54) is 5.56 Å². The average molecular weight is 402 g/mol. The van der Waals surface area contributed by atoms with Gasteiger partial charge in [-0.25, -0.2) is 0 Å². The highest BCUT2D eigenvalue weighted by Gasteiger charge is 2.21. The molecule has 1 aromatic carbocycles. The Kier molecular flexibility index (Phi) is 7.45. The summed E-state index contributed by atoms with van der Waals surface area (Å²) >= 11 is 1.73. The van der Waals surface area contributed by atoms with Crippen LogP contribution in [-0.2, 0) is 22.7 Å². The predicted octanol–water partition coefficient (Wildman–Crippen LogP) is 2.40. The van der Waals surface area contributed by atoms with Crippen molar-refractivity contribution < 1.29 is 14.3 Å². The molecule has 6 nitrogen and oxygen atoms in total. The average Bonchev–Trinajstić information content (AvgIpc) is 3.24. The zero-order valence-corrected chi connectivity index (χ0v) is 17.0. The number of hydrogen-bond acceptors (Lipinski definition) is 5. The van der Waals surface area contributed by atoms with Gasteiger partial charge >= 0.3 is 11.8 Å². The van der Waals surface area contributed by atoms with Crippen molar-refractivity contribution in [1.29, 1.82) is 0 Å². The SMILES string of the molecule is COc1ccccc1CNC(=O)C(=O)NCC1CCN(Cc2ccsc2)CC1. The maximum Gasteiger partial charge on any atom is 0.309 e. The number of nitrogens with one attached hydrogen (secondary N) is 2. The molecule has 3 rings (SSSR count).